The first-order valence-corrected chi connectivity index (χ1v) is 8.53. The van der Waals surface area contributed by atoms with Gasteiger partial charge < -0.3 is 5.32 Å². The van der Waals surface area contributed by atoms with Crippen LogP contribution in [0.2, 0.25) is 5.02 Å². The monoisotopic (exact) mass is 312 g/mol. The van der Waals surface area contributed by atoms with E-state index < -0.39 is 0 Å². The summed E-state index contributed by atoms with van der Waals surface area (Å²) in [5, 5.41) is 9.05. The molecule has 0 aromatic carbocycles. The second-order valence-electron chi connectivity index (χ2n) is 6.28. The minimum atomic E-state index is 0.229. The molecule has 0 spiro atoms. The van der Waals surface area contributed by atoms with E-state index in [1.165, 1.54) is 0 Å². The zero-order chi connectivity index (χ0) is 15.6. The van der Waals surface area contributed by atoms with E-state index in [-0.39, 0.29) is 5.54 Å². The molecule has 1 saturated heterocycles. The molecule has 0 bridgehead atoms. The molecule has 0 amide bonds. The van der Waals surface area contributed by atoms with E-state index in [1.807, 2.05) is 11.7 Å². The van der Waals surface area contributed by atoms with Gasteiger partial charge in [-0.2, -0.15) is 5.10 Å². The topological polar surface area (TPSA) is 33.1 Å². The molecule has 5 heteroatoms. The van der Waals surface area contributed by atoms with Crippen molar-refractivity contribution in [2.75, 3.05) is 13.1 Å². The molecule has 21 heavy (non-hydrogen) atoms. The Bertz CT molecular complexity index is 479. The lowest BCUT2D eigenvalue weighted by Gasteiger charge is -2.49. The van der Waals surface area contributed by atoms with Crippen molar-refractivity contribution in [3.05, 3.63) is 16.4 Å². The minimum absolute atomic E-state index is 0.229. The molecule has 120 valence electrons. The highest BCUT2D eigenvalue weighted by atomic mass is 35.5. The van der Waals surface area contributed by atoms with Gasteiger partial charge in [0, 0.05) is 38.3 Å². The largest absolute Gasteiger partial charge is 0.311 e. The van der Waals surface area contributed by atoms with Gasteiger partial charge in [-0.1, -0.05) is 32.4 Å². The van der Waals surface area contributed by atoms with E-state index in [0.717, 1.165) is 55.3 Å². The Hall–Kier alpha value is -0.580. The van der Waals surface area contributed by atoms with Crippen LogP contribution in [0.1, 0.15) is 51.9 Å². The summed E-state index contributed by atoms with van der Waals surface area (Å²) in [6, 6.07) is 0.522. The van der Waals surface area contributed by atoms with Gasteiger partial charge in [-0.3, -0.25) is 9.58 Å². The lowest BCUT2D eigenvalue weighted by atomic mass is 9.87. The molecule has 2 rings (SSSR count). The predicted molar refractivity (Wildman–Crippen MR) is 88.8 cm³/mol. The second kappa shape index (κ2) is 6.67. The van der Waals surface area contributed by atoms with Crippen LogP contribution < -0.4 is 5.32 Å². The SMILES string of the molecule is CCc1nn(C)c(CN2CC(C)NCC2(CC)CC)c1Cl. The van der Waals surface area contributed by atoms with Gasteiger partial charge in [0.2, 0.25) is 0 Å². The molecule has 1 aliphatic heterocycles. The van der Waals surface area contributed by atoms with E-state index in [0.29, 0.717) is 6.04 Å². The van der Waals surface area contributed by atoms with Gasteiger partial charge in [0.15, 0.2) is 0 Å². The molecule has 1 unspecified atom stereocenters. The summed E-state index contributed by atoms with van der Waals surface area (Å²) in [6.45, 7) is 11.9. The summed E-state index contributed by atoms with van der Waals surface area (Å²) < 4.78 is 1.96. The fourth-order valence-corrected chi connectivity index (χ4v) is 3.77. The smallest absolute Gasteiger partial charge is 0.0863 e. The molecule has 1 aromatic heterocycles. The number of rotatable bonds is 5. The number of hydrogen-bond acceptors (Lipinski definition) is 3. The normalized spacial score (nSPS) is 22.7. The average molecular weight is 313 g/mol. The third-order valence-electron chi connectivity index (χ3n) is 5.10. The fraction of sp³-hybridized carbons (Fsp3) is 0.812. The Morgan fingerprint density at radius 2 is 2.00 bits per heavy atom. The fourth-order valence-electron chi connectivity index (χ4n) is 3.42. The molecule has 2 heterocycles. The lowest BCUT2D eigenvalue weighted by molar-refractivity contribution is 0.0260. The maximum atomic E-state index is 6.54. The third-order valence-corrected chi connectivity index (χ3v) is 5.54. The molecular formula is C16H29ClN4. The number of nitrogens with one attached hydrogen (secondary N) is 1. The number of halogens is 1. The standard InChI is InChI=1S/C16H29ClN4/c1-6-13-15(17)14(20(5)19-13)10-21-9-12(4)18-11-16(21,7-2)8-3/h12,18H,6-11H2,1-5H3. The summed E-state index contributed by atoms with van der Waals surface area (Å²) in [7, 11) is 2.01. The van der Waals surface area contributed by atoms with Gasteiger partial charge >= 0.3 is 0 Å². The maximum absolute atomic E-state index is 6.54. The highest BCUT2D eigenvalue weighted by Crippen LogP contribution is 2.31. The molecule has 4 nitrogen and oxygen atoms in total. The minimum Gasteiger partial charge on any atom is -0.311 e. The molecule has 1 aromatic rings. The zero-order valence-corrected chi connectivity index (χ0v) is 14.8. The van der Waals surface area contributed by atoms with Crippen LogP contribution >= 0.6 is 11.6 Å². The van der Waals surface area contributed by atoms with Crippen molar-refractivity contribution in [3.63, 3.8) is 0 Å². The highest BCUT2D eigenvalue weighted by Gasteiger charge is 2.38. The molecular weight excluding hydrogens is 284 g/mol. The van der Waals surface area contributed by atoms with Crippen LogP contribution in [0.4, 0.5) is 0 Å². The van der Waals surface area contributed by atoms with E-state index >= 15 is 0 Å². The van der Waals surface area contributed by atoms with Gasteiger partial charge in [0.25, 0.3) is 0 Å². The molecule has 1 atom stereocenters. The predicted octanol–water partition coefficient (Wildman–Crippen LogP) is 2.99. The van der Waals surface area contributed by atoms with E-state index in [1.54, 1.807) is 0 Å². The summed E-state index contributed by atoms with van der Waals surface area (Å²) in [6.07, 6.45) is 3.19. The van der Waals surface area contributed by atoms with Crippen molar-refractivity contribution >= 4 is 11.6 Å². The average Bonchev–Trinajstić information content (AvgIpc) is 2.76. The number of aryl methyl sites for hydroxylation is 2. The van der Waals surface area contributed by atoms with E-state index in [2.05, 4.69) is 43.0 Å². The summed E-state index contributed by atoms with van der Waals surface area (Å²) in [5.41, 5.74) is 2.39. The van der Waals surface area contributed by atoms with Crippen LogP contribution in [0.25, 0.3) is 0 Å². The Morgan fingerprint density at radius 3 is 2.52 bits per heavy atom. The molecule has 1 fully saturated rings. The van der Waals surface area contributed by atoms with Gasteiger partial charge in [0.1, 0.15) is 0 Å². The Labute approximate surface area is 133 Å². The van der Waals surface area contributed by atoms with Crippen LogP contribution in [0, 0.1) is 0 Å². The Balaban J connectivity index is 2.28. The van der Waals surface area contributed by atoms with Gasteiger partial charge in [-0.05, 0) is 26.2 Å². The van der Waals surface area contributed by atoms with Gasteiger partial charge in [-0.15, -0.1) is 0 Å². The molecule has 1 N–H and O–H groups in total. The van der Waals surface area contributed by atoms with E-state index in [9.17, 15) is 0 Å². The number of hydrogen-bond donors (Lipinski definition) is 1. The quantitative estimate of drug-likeness (QED) is 0.907. The second-order valence-corrected chi connectivity index (χ2v) is 6.66. The first-order chi connectivity index (χ1) is 9.97. The van der Waals surface area contributed by atoms with Crippen molar-refractivity contribution in [1.82, 2.24) is 20.0 Å². The van der Waals surface area contributed by atoms with Crippen LogP contribution in [0.3, 0.4) is 0 Å². The highest BCUT2D eigenvalue weighted by molar-refractivity contribution is 6.31. The van der Waals surface area contributed by atoms with Crippen molar-refractivity contribution < 1.29 is 0 Å². The number of nitrogens with zero attached hydrogens (tertiary/aromatic N) is 3. The van der Waals surface area contributed by atoms with Crippen molar-refractivity contribution in [2.24, 2.45) is 7.05 Å². The van der Waals surface area contributed by atoms with Crippen LogP contribution in [0.15, 0.2) is 0 Å². The molecule has 0 saturated carbocycles. The zero-order valence-electron chi connectivity index (χ0n) is 14.0. The van der Waals surface area contributed by atoms with Crippen molar-refractivity contribution in [2.45, 2.75) is 65.1 Å². The molecule has 1 aliphatic rings. The summed E-state index contributed by atoms with van der Waals surface area (Å²) in [5.74, 6) is 0. The van der Waals surface area contributed by atoms with Crippen molar-refractivity contribution in [1.29, 1.82) is 0 Å². The first-order valence-electron chi connectivity index (χ1n) is 8.16. The van der Waals surface area contributed by atoms with Gasteiger partial charge in [0.05, 0.1) is 16.4 Å². The lowest BCUT2D eigenvalue weighted by Crippen LogP contribution is -2.63. The van der Waals surface area contributed by atoms with Crippen LogP contribution in [-0.4, -0.2) is 39.4 Å². The number of piperazine rings is 1. The third kappa shape index (κ3) is 3.13. The van der Waals surface area contributed by atoms with Gasteiger partial charge in [-0.25, -0.2) is 0 Å². The molecule has 0 radical (unpaired) electrons. The number of aromatic nitrogens is 2. The van der Waals surface area contributed by atoms with Crippen LogP contribution in [-0.2, 0) is 20.0 Å². The maximum Gasteiger partial charge on any atom is 0.0863 e. The Kier molecular flexibility index (Phi) is 5.33. The van der Waals surface area contributed by atoms with Crippen LogP contribution in [0.5, 0.6) is 0 Å². The Morgan fingerprint density at radius 1 is 1.33 bits per heavy atom. The molecule has 0 aliphatic carbocycles. The van der Waals surface area contributed by atoms with E-state index in [4.69, 9.17) is 11.6 Å². The summed E-state index contributed by atoms with van der Waals surface area (Å²) in [4.78, 5) is 2.61. The van der Waals surface area contributed by atoms with Crippen molar-refractivity contribution in [3.8, 4) is 0 Å². The first kappa shape index (κ1) is 16.8. The summed E-state index contributed by atoms with van der Waals surface area (Å²) >= 11 is 6.54.